The topological polar surface area (TPSA) is 32.6 Å². The molecule has 37 heavy (non-hydrogen) atoms. The lowest BCUT2D eigenvalue weighted by molar-refractivity contribution is 0.315. The third-order valence-electron chi connectivity index (χ3n) is 8.28. The number of hydrogen-bond acceptors (Lipinski definition) is 2. The molecule has 0 aliphatic rings. The molecule has 0 spiro atoms. The maximum Gasteiger partial charge on any atom is 0.0570 e. The van der Waals surface area contributed by atoms with Gasteiger partial charge < -0.3 is 5.21 Å². The van der Waals surface area contributed by atoms with Crippen molar-refractivity contribution in [1.82, 2.24) is 0 Å². The summed E-state index contributed by atoms with van der Waals surface area (Å²) >= 11 is 0. The number of nitrogens with zero attached hydrogens (tertiary/aromatic N) is 1. The van der Waals surface area contributed by atoms with E-state index in [1.54, 1.807) is 0 Å². The molecule has 0 aliphatic heterocycles. The Bertz CT molecular complexity index is 433. The summed E-state index contributed by atoms with van der Waals surface area (Å²) in [7, 11) is 0. The standard InChI is InChI=1S/C35H71NO/c1-3-5-7-9-11-13-15-17-19-20-22-24-26-28-30-32-34-35(36-37)33-31-29-27-25-23-21-18-16-14-12-10-8-6-4-2/h37H,3-34H2,1-2H3. The zero-order chi connectivity index (χ0) is 26.9. The van der Waals surface area contributed by atoms with Crippen molar-refractivity contribution in [3.05, 3.63) is 0 Å². The molecular formula is C35H71NO. The van der Waals surface area contributed by atoms with Gasteiger partial charge in [0.05, 0.1) is 5.71 Å². The maximum atomic E-state index is 9.34. The third-order valence-corrected chi connectivity index (χ3v) is 8.28. The molecule has 2 nitrogen and oxygen atoms in total. The fourth-order valence-electron chi connectivity index (χ4n) is 5.63. The van der Waals surface area contributed by atoms with Gasteiger partial charge in [-0.15, -0.1) is 0 Å². The van der Waals surface area contributed by atoms with E-state index in [2.05, 4.69) is 19.0 Å². The largest absolute Gasteiger partial charge is 0.411 e. The van der Waals surface area contributed by atoms with E-state index in [0.29, 0.717) is 0 Å². The predicted molar refractivity (Wildman–Crippen MR) is 168 cm³/mol. The van der Waals surface area contributed by atoms with Crippen molar-refractivity contribution in [2.24, 2.45) is 5.16 Å². The van der Waals surface area contributed by atoms with Crippen molar-refractivity contribution in [2.45, 2.75) is 219 Å². The monoisotopic (exact) mass is 522 g/mol. The first-order chi connectivity index (χ1) is 18.3. The minimum absolute atomic E-state index is 1.01. The fraction of sp³-hybridized carbons (Fsp3) is 0.971. The Balaban J connectivity index is 3.27. The molecule has 1 N–H and O–H groups in total. The van der Waals surface area contributed by atoms with E-state index in [-0.39, 0.29) is 0 Å². The van der Waals surface area contributed by atoms with Gasteiger partial charge in [0.2, 0.25) is 0 Å². The van der Waals surface area contributed by atoms with E-state index in [1.165, 1.54) is 193 Å². The summed E-state index contributed by atoms with van der Waals surface area (Å²) in [6.45, 7) is 4.59. The van der Waals surface area contributed by atoms with Crippen LogP contribution >= 0.6 is 0 Å². The average Bonchev–Trinajstić information content (AvgIpc) is 2.91. The highest BCUT2D eigenvalue weighted by Gasteiger charge is 2.02. The van der Waals surface area contributed by atoms with Crippen LogP contribution < -0.4 is 0 Å². The Kier molecular flexibility index (Phi) is 33.0. The molecule has 222 valence electrons. The molecule has 0 rings (SSSR count). The van der Waals surface area contributed by atoms with E-state index < -0.39 is 0 Å². The third kappa shape index (κ3) is 31.6. The van der Waals surface area contributed by atoms with E-state index in [1.807, 2.05) is 0 Å². The minimum Gasteiger partial charge on any atom is -0.411 e. The molecular weight excluding hydrogens is 450 g/mol. The second-order valence-corrected chi connectivity index (χ2v) is 12.1. The smallest absolute Gasteiger partial charge is 0.0570 e. The number of hydrogen-bond donors (Lipinski definition) is 1. The Hall–Kier alpha value is -0.530. The van der Waals surface area contributed by atoms with E-state index in [9.17, 15) is 5.21 Å². The van der Waals surface area contributed by atoms with Gasteiger partial charge in [-0.2, -0.15) is 0 Å². The zero-order valence-electron chi connectivity index (χ0n) is 26.0. The van der Waals surface area contributed by atoms with Crippen LogP contribution in [0.25, 0.3) is 0 Å². The number of rotatable bonds is 32. The summed E-state index contributed by atoms with van der Waals surface area (Å²) in [5.74, 6) is 0. The van der Waals surface area contributed by atoms with Gasteiger partial charge in [-0.25, -0.2) is 0 Å². The van der Waals surface area contributed by atoms with Crippen LogP contribution in [-0.4, -0.2) is 10.9 Å². The average molecular weight is 522 g/mol. The van der Waals surface area contributed by atoms with Gasteiger partial charge in [-0.05, 0) is 25.7 Å². The summed E-state index contributed by atoms with van der Waals surface area (Å²) in [6, 6.07) is 0. The van der Waals surface area contributed by atoms with Crippen molar-refractivity contribution < 1.29 is 5.21 Å². The molecule has 0 radical (unpaired) electrons. The minimum atomic E-state index is 1.01. The predicted octanol–water partition coefficient (Wildman–Crippen LogP) is 13.3. The van der Waals surface area contributed by atoms with Crippen molar-refractivity contribution in [3.8, 4) is 0 Å². The van der Waals surface area contributed by atoms with Gasteiger partial charge in [0.15, 0.2) is 0 Å². The van der Waals surface area contributed by atoms with Crippen molar-refractivity contribution in [1.29, 1.82) is 0 Å². The van der Waals surface area contributed by atoms with Crippen LogP contribution in [0.5, 0.6) is 0 Å². The van der Waals surface area contributed by atoms with Crippen LogP contribution in [0.2, 0.25) is 0 Å². The molecule has 0 saturated heterocycles. The van der Waals surface area contributed by atoms with E-state index in [4.69, 9.17) is 0 Å². The Labute approximate surface area is 235 Å². The fourth-order valence-corrected chi connectivity index (χ4v) is 5.63. The molecule has 0 unspecified atom stereocenters. The molecule has 0 bridgehead atoms. The first-order valence-electron chi connectivity index (χ1n) is 17.5. The van der Waals surface area contributed by atoms with E-state index >= 15 is 0 Å². The number of unbranched alkanes of at least 4 members (excludes halogenated alkanes) is 28. The lowest BCUT2D eigenvalue weighted by Crippen LogP contribution is -1.99. The molecule has 0 aromatic rings. The van der Waals surface area contributed by atoms with Crippen LogP contribution in [0.3, 0.4) is 0 Å². The Morgan fingerprint density at radius 1 is 0.324 bits per heavy atom. The molecule has 0 atom stereocenters. The van der Waals surface area contributed by atoms with Crippen LogP contribution in [0.1, 0.15) is 219 Å². The van der Waals surface area contributed by atoms with Crippen molar-refractivity contribution in [3.63, 3.8) is 0 Å². The first-order valence-corrected chi connectivity index (χ1v) is 17.5. The summed E-state index contributed by atoms with van der Waals surface area (Å²) in [6.07, 6.45) is 44.1. The second kappa shape index (κ2) is 33.5. The molecule has 0 aliphatic carbocycles. The van der Waals surface area contributed by atoms with Crippen molar-refractivity contribution >= 4 is 5.71 Å². The van der Waals surface area contributed by atoms with Crippen LogP contribution in [0, 0.1) is 0 Å². The zero-order valence-corrected chi connectivity index (χ0v) is 26.0. The highest BCUT2D eigenvalue weighted by atomic mass is 16.4. The summed E-state index contributed by atoms with van der Waals surface area (Å²) in [5.41, 5.74) is 1.05. The van der Waals surface area contributed by atoms with Crippen LogP contribution in [0.15, 0.2) is 5.16 Å². The second-order valence-electron chi connectivity index (χ2n) is 12.1. The molecule has 0 saturated carbocycles. The van der Waals surface area contributed by atoms with Gasteiger partial charge in [-0.1, -0.05) is 199 Å². The normalized spacial score (nSPS) is 12.0. The van der Waals surface area contributed by atoms with Crippen molar-refractivity contribution in [2.75, 3.05) is 0 Å². The van der Waals surface area contributed by atoms with Gasteiger partial charge in [0.1, 0.15) is 0 Å². The van der Waals surface area contributed by atoms with Gasteiger partial charge in [-0.3, -0.25) is 0 Å². The molecule has 0 aromatic heterocycles. The SMILES string of the molecule is CCCCCCCCCCCCCCCCCCC(CCCCCCCCCCCCCCCC)=NO. The lowest BCUT2D eigenvalue weighted by Gasteiger charge is -2.06. The maximum absolute atomic E-state index is 9.34. The Morgan fingerprint density at radius 2 is 0.514 bits per heavy atom. The Morgan fingerprint density at radius 3 is 0.703 bits per heavy atom. The molecule has 0 fully saturated rings. The quantitative estimate of drug-likeness (QED) is 0.0406. The highest BCUT2D eigenvalue weighted by molar-refractivity contribution is 5.83. The van der Waals surface area contributed by atoms with Crippen LogP contribution in [0.4, 0.5) is 0 Å². The summed E-state index contributed by atoms with van der Waals surface area (Å²) in [4.78, 5) is 0. The molecule has 0 aromatic carbocycles. The van der Waals surface area contributed by atoms with Crippen LogP contribution in [-0.2, 0) is 0 Å². The first kappa shape index (κ1) is 36.5. The lowest BCUT2D eigenvalue weighted by atomic mass is 10.0. The summed E-state index contributed by atoms with van der Waals surface area (Å²) in [5, 5.41) is 13.0. The summed E-state index contributed by atoms with van der Waals surface area (Å²) < 4.78 is 0. The highest BCUT2D eigenvalue weighted by Crippen LogP contribution is 2.16. The van der Waals surface area contributed by atoms with E-state index in [0.717, 1.165) is 18.6 Å². The van der Waals surface area contributed by atoms with Gasteiger partial charge >= 0.3 is 0 Å². The van der Waals surface area contributed by atoms with Gasteiger partial charge in [0.25, 0.3) is 0 Å². The molecule has 2 heteroatoms. The molecule has 0 amide bonds. The molecule has 0 heterocycles. The van der Waals surface area contributed by atoms with Gasteiger partial charge in [0, 0.05) is 0 Å². The number of oxime groups is 1.